The molecule has 1 atom stereocenters. The number of aromatic nitrogens is 1. The minimum atomic E-state index is -0.985. The van der Waals surface area contributed by atoms with E-state index in [9.17, 15) is 14.0 Å². The average Bonchev–Trinajstić information content (AvgIpc) is 2.28. The number of hydrogen-bond acceptors (Lipinski definition) is 3. The van der Waals surface area contributed by atoms with Crippen molar-refractivity contribution in [3.63, 3.8) is 0 Å². The van der Waals surface area contributed by atoms with Gasteiger partial charge in [-0.15, -0.1) is 0 Å². The fraction of sp³-hybridized carbons (Fsp3) is 0.417. The van der Waals surface area contributed by atoms with E-state index in [0.717, 1.165) is 12.3 Å². The molecule has 1 aromatic rings. The highest BCUT2D eigenvalue weighted by molar-refractivity contribution is 5.92. The highest BCUT2D eigenvalue weighted by Crippen LogP contribution is 2.07. The lowest BCUT2D eigenvalue weighted by molar-refractivity contribution is -0.137. The molecular formula is C12H15FN2O3. The van der Waals surface area contributed by atoms with Gasteiger partial charge in [-0.3, -0.25) is 9.59 Å². The lowest BCUT2D eigenvalue weighted by Gasteiger charge is -2.20. The molecule has 1 heterocycles. The molecule has 1 rings (SSSR count). The van der Waals surface area contributed by atoms with Crippen molar-refractivity contribution in [3.05, 3.63) is 29.8 Å². The van der Waals surface area contributed by atoms with E-state index in [1.807, 2.05) is 13.8 Å². The fourth-order valence-electron chi connectivity index (χ4n) is 1.39. The summed E-state index contributed by atoms with van der Waals surface area (Å²) < 4.78 is 12.6. The zero-order valence-corrected chi connectivity index (χ0v) is 10.2. The summed E-state index contributed by atoms with van der Waals surface area (Å²) in [7, 11) is 0. The molecule has 5 nitrogen and oxygen atoms in total. The first-order chi connectivity index (χ1) is 8.40. The molecule has 1 aromatic heterocycles. The number of pyridine rings is 1. The van der Waals surface area contributed by atoms with E-state index in [-0.39, 0.29) is 18.0 Å². The predicted molar refractivity (Wildman–Crippen MR) is 62.5 cm³/mol. The minimum Gasteiger partial charge on any atom is -0.481 e. The van der Waals surface area contributed by atoms with Gasteiger partial charge in [0.25, 0.3) is 5.91 Å². The molecule has 6 heteroatoms. The Hall–Kier alpha value is -1.98. The zero-order valence-electron chi connectivity index (χ0n) is 10.2. The standard InChI is InChI=1S/C12H15FN2O3/c1-7(2)10(5-11(16)17)15-12(18)9-4-3-8(13)6-14-9/h3-4,6-7,10H,5H2,1-2H3,(H,15,18)(H,16,17). The largest absolute Gasteiger partial charge is 0.481 e. The van der Waals surface area contributed by atoms with Crippen molar-refractivity contribution in [3.8, 4) is 0 Å². The number of nitrogens with one attached hydrogen (secondary N) is 1. The monoisotopic (exact) mass is 254 g/mol. The van der Waals surface area contributed by atoms with Crippen molar-refractivity contribution < 1.29 is 19.1 Å². The lowest BCUT2D eigenvalue weighted by atomic mass is 10.0. The summed E-state index contributed by atoms with van der Waals surface area (Å²) >= 11 is 0. The number of hydrogen-bond donors (Lipinski definition) is 2. The number of halogens is 1. The highest BCUT2D eigenvalue weighted by atomic mass is 19.1. The number of carbonyl (C=O) groups excluding carboxylic acids is 1. The van der Waals surface area contributed by atoms with Crippen molar-refractivity contribution in [2.75, 3.05) is 0 Å². The smallest absolute Gasteiger partial charge is 0.305 e. The second-order valence-electron chi connectivity index (χ2n) is 4.28. The molecule has 0 aliphatic heterocycles. The van der Waals surface area contributed by atoms with E-state index in [2.05, 4.69) is 10.3 Å². The molecule has 2 N–H and O–H groups in total. The van der Waals surface area contributed by atoms with Crippen molar-refractivity contribution in [1.29, 1.82) is 0 Å². The molecule has 1 amide bonds. The molecule has 1 unspecified atom stereocenters. The van der Waals surface area contributed by atoms with Gasteiger partial charge in [-0.2, -0.15) is 0 Å². The predicted octanol–water partition coefficient (Wildman–Crippen LogP) is 1.45. The summed E-state index contributed by atoms with van der Waals surface area (Å²) in [5, 5.41) is 11.3. The Balaban J connectivity index is 2.72. The van der Waals surface area contributed by atoms with Gasteiger partial charge >= 0.3 is 5.97 Å². The third kappa shape index (κ3) is 4.12. The van der Waals surface area contributed by atoms with Gasteiger partial charge in [0.05, 0.1) is 12.6 Å². The Labute approximate surface area is 104 Å². The maximum atomic E-state index is 12.6. The third-order valence-corrected chi connectivity index (χ3v) is 2.48. The lowest BCUT2D eigenvalue weighted by Crippen LogP contribution is -2.40. The zero-order chi connectivity index (χ0) is 13.7. The second-order valence-corrected chi connectivity index (χ2v) is 4.28. The van der Waals surface area contributed by atoms with Gasteiger partial charge in [0.1, 0.15) is 11.5 Å². The number of amides is 1. The second kappa shape index (κ2) is 6.09. The molecule has 0 bridgehead atoms. The number of nitrogens with zero attached hydrogens (tertiary/aromatic N) is 1. The Morgan fingerprint density at radius 2 is 2.11 bits per heavy atom. The van der Waals surface area contributed by atoms with E-state index in [1.165, 1.54) is 6.07 Å². The SMILES string of the molecule is CC(C)C(CC(=O)O)NC(=O)c1ccc(F)cn1. The van der Waals surface area contributed by atoms with Crippen LogP contribution < -0.4 is 5.32 Å². The average molecular weight is 254 g/mol. The highest BCUT2D eigenvalue weighted by Gasteiger charge is 2.20. The van der Waals surface area contributed by atoms with Crippen LogP contribution in [0.3, 0.4) is 0 Å². The van der Waals surface area contributed by atoms with Gasteiger partial charge in [-0.1, -0.05) is 13.8 Å². The minimum absolute atomic E-state index is 0.0227. The Morgan fingerprint density at radius 1 is 1.44 bits per heavy atom. The van der Waals surface area contributed by atoms with Crippen LogP contribution >= 0.6 is 0 Å². The topological polar surface area (TPSA) is 79.3 Å². The van der Waals surface area contributed by atoms with Gasteiger partial charge in [0.2, 0.25) is 0 Å². The number of rotatable bonds is 5. The van der Waals surface area contributed by atoms with E-state index in [1.54, 1.807) is 0 Å². The van der Waals surface area contributed by atoms with Crippen molar-refractivity contribution in [1.82, 2.24) is 10.3 Å². The van der Waals surface area contributed by atoms with Crippen molar-refractivity contribution in [2.24, 2.45) is 5.92 Å². The van der Waals surface area contributed by atoms with Crippen LogP contribution in [-0.4, -0.2) is 28.0 Å². The molecule has 0 aliphatic rings. The molecule has 0 aromatic carbocycles. The molecule has 0 radical (unpaired) electrons. The summed E-state index contributed by atoms with van der Waals surface area (Å²) in [5.74, 6) is -2.04. The van der Waals surface area contributed by atoms with Gasteiger partial charge in [0, 0.05) is 6.04 Å². The molecule has 18 heavy (non-hydrogen) atoms. The summed E-state index contributed by atoms with van der Waals surface area (Å²) in [5.41, 5.74) is 0.0624. The van der Waals surface area contributed by atoms with Crippen LogP contribution in [0.4, 0.5) is 4.39 Å². The van der Waals surface area contributed by atoms with Crippen molar-refractivity contribution in [2.45, 2.75) is 26.3 Å². The van der Waals surface area contributed by atoms with E-state index in [0.29, 0.717) is 0 Å². The summed E-state index contributed by atoms with van der Waals surface area (Å²) in [6, 6.07) is 1.90. The van der Waals surface area contributed by atoms with Crippen LogP contribution in [-0.2, 0) is 4.79 Å². The Morgan fingerprint density at radius 3 is 2.56 bits per heavy atom. The van der Waals surface area contributed by atoms with Crippen LogP contribution in [0.2, 0.25) is 0 Å². The van der Waals surface area contributed by atoms with Crippen LogP contribution in [0.25, 0.3) is 0 Å². The summed E-state index contributed by atoms with van der Waals surface area (Å²) in [6.45, 7) is 3.62. The Bertz CT molecular complexity index is 431. The van der Waals surface area contributed by atoms with E-state index < -0.39 is 23.7 Å². The van der Waals surface area contributed by atoms with Crippen LogP contribution in [0.15, 0.2) is 18.3 Å². The van der Waals surface area contributed by atoms with E-state index in [4.69, 9.17) is 5.11 Å². The van der Waals surface area contributed by atoms with Crippen LogP contribution in [0.1, 0.15) is 30.8 Å². The number of carboxylic acids is 1. The Kier molecular flexibility index (Phi) is 4.76. The molecule has 0 spiro atoms. The first-order valence-electron chi connectivity index (χ1n) is 5.54. The molecule has 0 saturated heterocycles. The third-order valence-electron chi connectivity index (χ3n) is 2.48. The van der Waals surface area contributed by atoms with E-state index >= 15 is 0 Å². The molecule has 0 fully saturated rings. The molecule has 98 valence electrons. The quantitative estimate of drug-likeness (QED) is 0.833. The van der Waals surface area contributed by atoms with Gasteiger partial charge in [0.15, 0.2) is 0 Å². The number of aliphatic carboxylic acids is 1. The maximum absolute atomic E-state index is 12.6. The summed E-state index contributed by atoms with van der Waals surface area (Å²) in [4.78, 5) is 26.1. The molecule has 0 aliphatic carbocycles. The normalized spacial score (nSPS) is 12.2. The number of carboxylic acid groups (broad SMARTS) is 1. The molecule has 0 saturated carbocycles. The maximum Gasteiger partial charge on any atom is 0.305 e. The number of carbonyl (C=O) groups is 2. The van der Waals surface area contributed by atoms with Gasteiger partial charge < -0.3 is 10.4 Å². The summed E-state index contributed by atoms with van der Waals surface area (Å²) in [6.07, 6.45) is 0.779. The van der Waals surface area contributed by atoms with Gasteiger partial charge in [-0.25, -0.2) is 9.37 Å². The molecular weight excluding hydrogens is 239 g/mol. The van der Waals surface area contributed by atoms with Crippen LogP contribution in [0, 0.1) is 11.7 Å². The first kappa shape index (κ1) is 14.1. The first-order valence-corrected chi connectivity index (χ1v) is 5.54. The van der Waals surface area contributed by atoms with Gasteiger partial charge in [-0.05, 0) is 18.1 Å². The fourth-order valence-corrected chi connectivity index (χ4v) is 1.39. The van der Waals surface area contributed by atoms with Crippen LogP contribution in [0.5, 0.6) is 0 Å². The van der Waals surface area contributed by atoms with Crippen molar-refractivity contribution >= 4 is 11.9 Å².